The van der Waals surface area contributed by atoms with Gasteiger partial charge in [0.05, 0.1) is 6.54 Å². The number of carbonyl (C=O) groups excluding carboxylic acids is 1. The predicted molar refractivity (Wildman–Crippen MR) is 80.0 cm³/mol. The van der Waals surface area contributed by atoms with E-state index in [1.807, 2.05) is 13.8 Å². The fraction of sp³-hybridized carbons (Fsp3) is 0.933. The van der Waals surface area contributed by atoms with Crippen LogP contribution >= 0.6 is 0 Å². The molecule has 0 spiro atoms. The molecule has 0 aromatic heterocycles. The fourth-order valence-electron chi connectivity index (χ4n) is 1.98. The van der Waals surface area contributed by atoms with E-state index >= 15 is 0 Å². The van der Waals surface area contributed by atoms with Crippen molar-refractivity contribution in [2.45, 2.75) is 66.2 Å². The van der Waals surface area contributed by atoms with Crippen molar-refractivity contribution in [2.75, 3.05) is 13.1 Å². The minimum atomic E-state index is -0.292. The van der Waals surface area contributed by atoms with Gasteiger partial charge in [-0.25, -0.2) is 0 Å². The maximum Gasteiger partial charge on any atom is 0.225 e. The van der Waals surface area contributed by atoms with Crippen LogP contribution in [0.25, 0.3) is 0 Å². The Morgan fingerprint density at radius 3 is 2.42 bits per heavy atom. The molecule has 0 unspecified atom stereocenters. The van der Waals surface area contributed by atoms with Gasteiger partial charge in [-0.15, -0.1) is 0 Å². The maximum atomic E-state index is 12.0. The summed E-state index contributed by atoms with van der Waals surface area (Å²) < 4.78 is 0. The van der Waals surface area contributed by atoms with Crippen molar-refractivity contribution in [1.82, 2.24) is 5.32 Å². The van der Waals surface area contributed by atoms with Crippen LogP contribution in [0.2, 0.25) is 0 Å². The summed E-state index contributed by atoms with van der Waals surface area (Å²) in [5, 5.41) is 5.75. The molecule has 4 nitrogen and oxygen atoms in total. The van der Waals surface area contributed by atoms with Gasteiger partial charge in [-0.2, -0.15) is 4.91 Å². The first-order valence-corrected chi connectivity index (χ1v) is 7.47. The highest BCUT2D eigenvalue weighted by Gasteiger charge is 2.26. The summed E-state index contributed by atoms with van der Waals surface area (Å²) >= 11 is 0. The molecule has 4 heteroatoms. The molecule has 0 aliphatic carbocycles. The molecule has 112 valence electrons. The minimum Gasteiger partial charge on any atom is -0.356 e. The summed E-state index contributed by atoms with van der Waals surface area (Å²) in [4.78, 5) is 21.9. The summed E-state index contributed by atoms with van der Waals surface area (Å²) in [7, 11) is 0. The monoisotopic (exact) mass is 270 g/mol. The second kappa shape index (κ2) is 9.93. The van der Waals surface area contributed by atoms with Crippen molar-refractivity contribution >= 4 is 5.91 Å². The fourth-order valence-corrected chi connectivity index (χ4v) is 1.98. The normalized spacial score (nSPS) is 11.6. The quantitative estimate of drug-likeness (QED) is 0.457. The van der Waals surface area contributed by atoms with Crippen LogP contribution < -0.4 is 5.32 Å². The van der Waals surface area contributed by atoms with Crippen LogP contribution in [0.15, 0.2) is 5.18 Å². The topological polar surface area (TPSA) is 58.5 Å². The predicted octanol–water partition coefficient (Wildman–Crippen LogP) is 3.89. The molecule has 19 heavy (non-hydrogen) atoms. The van der Waals surface area contributed by atoms with E-state index in [1.165, 1.54) is 12.8 Å². The lowest BCUT2D eigenvalue weighted by Crippen LogP contribution is -2.37. The second-order valence-electron chi connectivity index (χ2n) is 6.34. The number of unbranched alkanes of at least 4 members (excludes halogenated alkanes) is 2. The Bertz CT molecular complexity index is 263. The Labute approximate surface area is 117 Å². The van der Waals surface area contributed by atoms with E-state index in [2.05, 4.69) is 24.3 Å². The smallest absolute Gasteiger partial charge is 0.225 e. The van der Waals surface area contributed by atoms with Crippen LogP contribution in [-0.2, 0) is 4.79 Å². The van der Waals surface area contributed by atoms with Crippen molar-refractivity contribution in [1.29, 1.82) is 0 Å². The molecule has 0 bridgehead atoms. The van der Waals surface area contributed by atoms with Gasteiger partial charge in [0.15, 0.2) is 0 Å². The number of hydrogen-bond donors (Lipinski definition) is 1. The van der Waals surface area contributed by atoms with Crippen molar-refractivity contribution in [2.24, 2.45) is 16.5 Å². The highest BCUT2D eigenvalue weighted by Crippen LogP contribution is 2.24. The Morgan fingerprint density at radius 2 is 1.84 bits per heavy atom. The first-order chi connectivity index (χ1) is 8.90. The van der Waals surface area contributed by atoms with E-state index < -0.39 is 0 Å². The molecule has 1 amide bonds. The first kappa shape index (κ1) is 18.1. The van der Waals surface area contributed by atoms with Gasteiger partial charge in [0.1, 0.15) is 0 Å². The van der Waals surface area contributed by atoms with E-state index in [0.29, 0.717) is 13.1 Å². The first-order valence-electron chi connectivity index (χ1n) is 7.47. The number of rotatable bonds is 11. The lowest BCUT2D eigenvalue weighted by atomic mass is 9.85. The Balaban J connectivity index is 3.77. The molecular formula is C15H30N2O2. The van der Waals surface area contributed by atoms with Crippen molar-refractivity contribution in [3.05, 3.63) is 4.91 Å². The third-order valence-electron chi connectivity index (χ3n) is 3.41. The van der Waals surface area contributed by atoms with Gasteiger partial charge >= 0.3 is 0 Å². The van der Waals surface area contributed by atoms with Crippen LogP contribution in [0.1, 0.15) is 66.2 Å². The van der Waals surface area contributed by atoms with Crippen molar-refractivity contribution in [3.8, 4) is 0 Å². The van der Waals surface area contributed by atoms with Gasteiger partial charge < -0.3 is 5.32 Å². The average Bonchev–Trinajstić information content (AvgIpc) is 2.34. The van der Waals surface area contributed by atoms with Crippen LogP contribution in [-0.4, -0.2) is 19.0 Å². The third-order valence-corrected chi connectivity index (χ3v) is 3.41. The summed E-state index contributed by atoms with van der Waals surface area (Å²) in [6.07, 6.45) is 6.03. The van der Waals surface area contributed by atoms with E-state index in [4.69, 9.17) is 0 Å². The standard InChI is InChI=1S/C15H30N2O2/c1-13(2)9-5-6-10-15(3,4)14(18)16-11-7-8-12-17-19/h13H,5-12H2,1-4H3,(H,16,18). The maximum absolute atomic E-state index is 12.0. The highest BCUT2D eigenvalue weighted by atomic mass is 16.3. The van der Waals surface area contributed by atoms with Crippen LogP contribution in [0, 0.1) is 16.2 Å². The number of amides is 1. The molecule has 0 aromatic rings. The summed E-state index contributed by atoms with van der Waals surface area (Å²) in [6, 6.07) is 0. The molecule has 0 radical (unpaired) electrons. The largest absolute Gasteiger partial charge is 0.356 e. The molecule has 0 rings (SSSR count). The van der Waals surface area contributed by atoms with E-state index in [-0.39, 0.29) is 11.3 Å². The molecule has 0 saturated carbocycles. The molecule has 0 aliphatic rings. The second-order valence-corrected chi connectivity index (χ2v) is 6.34. The zero-order chi connectivity index (χ0) is 14.7. The minimum absolute atomic E-state index is 0.121. The molecular weight excluding hydrogens is 240 g/mol. The molecule has 0 aromatic carbocycles. The Kier molecular flexibility index (Phi) is 9.44. The highest BCUT2D eigenvalue weighted by molar-refractivity contribution is 5.81. The summed E-state index contributed by atoms with van der Waals surface area (Å²) in [6.45, 7) is 9.45. The van der Waals surface area contributed by atoms with Crippen LogP contribution in [0.5, 0.6) is 0 Å². The summed E-state index contributed by atoms with van der Waals surface area (Å²) in [5.41, 5.74) is -0.292. The lowest BCUT2D eigenvalue weighted by Gasteiger charge is -2.23. The molecule has 0 heterocycles. The van der Waals surface area contributed by atoms with Gasteiger partial charge in [-0.3, -0.25) is 4.79 Å². The Hall–Kier alpha value is -0.930. The van der Waals surface area contributed by atoms with Crippen LogP contribution in [0.3, 0.4) is 0 Å². The summed E-state index contributed by atoms with van der Waals surface area (Å²) in [5.74, 6) is 0.861. The van der Waals surface area contributed by atoms with Crippen LogP contribution in [0.4, 0.5) is 0 Å². The number of nitrogens with zero attached hydrogens (tertiary/aromatic N) is 1. The number of nitrogens with one attached hydrogen (secondary N) is 1. The SMILES string of the molecule is CC(C)CCCCC(C)(C)C(=O)NCCCCN=O. The molecule has 0 aliphatic heterocycles. The van der Waals surface area contributed by atoms with Gasteiger partial charge in [0.2, 0.25) is 5.91 Å². The Morgan fingerprint density at radius 1 is 1.16 bits per heavy atom. The zero-order valence-electron chi connectivity index (χ0n) is 13.0. The van der Waals surface area contributed by atoms with Crippen molar-refractivity contribution in [3.63, 3.8) is 0 Å². The molecule has 0 fully saturated rings. The average molecular weight is 270 g/mol. The third kappa shape index (κ3) is 9.62. The number of nitroso groups, excluding NO2 is 1. The van der Waals surface area contributed by atoms with Gasteiger partial charge in [-0.05, 0) is 25.2 Å². The van der Waals surface area contributed by atoms with Gasteiger partial charge in [-0.1, -0.05) is 52.1 Å². The molecule has 0 saturated heterocycles. The van der Waals surface area contributed by atoms with Gasteiger partial charge in [0.25, 0.3) is 0 Å². The molecule has 1 N–H and O–H groups in total. The van der Waals surface area contributed by atoms with E-state index in [9.17, 15) is 9.70 Å². The number of carbonyl (C=O) groups is 1. The zero-order valence-corrected chi connectivity index (χ0v) is 13.0. The van der Waals surface area contributed by atoms with E-state index in [0.717, 1.165) is 31.6 Å². The van der Waals surface area contributed by atoms with Gasteiger partial charge in [0, 0.05) is 12.0 Å². The lowest BCUT2D eigenvalue weighted by molar-refractivity contribution is -0.129. The van der Waals surface area contributed by atoms with E-state index in [1.54, 1.807) is 0 Å². The number of hydrogen-bond acceptors (Lipinski definition) is 3. The molecule has 0 atom stereocenters. The van der Waals surface area contributed by atoms with Crippen molar-refractivity contribution < 1.29 is 4.79 Å².